The van der Waals surface area contributed by atoms with Crippen molar-refractivity contribution in [1.82, 2.24) is 9.97 Å². The van der Waals surface area contributed by atoms with Crippen LogP contribution in [0.15, 0.2) is 24.3 Å². The first-order valence-electron chi connectivity index (χ1n) is 5.78. The molecule has 0 bridgehead atoms. The van der Waals surface area contributed by atoms with E-state index in [4.69, 9.17) is 0 Å². The summed E-state index contributed by atoms with van der Waals surface area (Å²) in [4.78, 5) is 8.67. The molecule has 0 saturated carbocycles. The molecule has 0 aliphatic carbocycles. The van der Waals surface area contributed by atoms with Crippen LogP contribution in [-0.4, -0.2) is 15.1 Å². The van der Waals surface area contributed by atoms with Gasteiger partial charge in [0.1, 0.15) is 11.6 Å². The van der Waals surface area contributed by atoms with E-state index in [2.05, 4.69) is 9.97 Å². The molecule has 2 aromatic rings. The fourth-order valence-electron chi connectivity index (χ4n) is 1.95. The Morgan fingerprint density at radius 2 is 1.83 bits per heavy atom. The Kier molecular flexibility index (Phi) is 3.67. The lowest BCUT2D eigenvalue weighted by Gasteiger charge is -2.08. The van der Waals surface area contributed by atoms with E-state index in [1.54, 1.807) is 6.07 Å². The topological polar surface area (TPSA) is 46.0 Å². The van der Waals surface area contributed by atoms with Gasteiger partial charge in [0.05, 0.1) is 6.61 Å². The first kappa shape index (κ1) is 12.6. The number of nitrogens with zero attached hydrogens (tertiary/aromatic N) is 2. The van der Waals surface area contributed by atoms with Crippen molar-refractivity contribution in [2.45, 2.75) is 26.9 Å². The average molecular weight is 246 g/mol. The van der Waals surface area contributed by atoms with Crippen LogP contribution in [-0.2, 0) is 13.0 Å². The van der Waals surface area contributed by atoms with Crippen LogP contribution in [0.25, 0.3) is 0 Å². The Bertz CT molecular complexity index is 546. The summed E-state index contributed by atoms with van der Waals surface area (Å²) in [5, 5.41) is 9.19. The maximum Gasteiger partial charge on any atom is 0.133 e. The summed E-state index contributed by atoms with van der Waals surface area (Å²) in [5.74, 6) is 0.390. The Balaban J connectivity index is 2.30. The van der Waals surface area contributed by atoms with E-state index in [9.17, 15) is 9.50 Å². The van der Waals surface area contributed by atoms with Gasteiger partial charge in [-0.25, -0.2) is 14.4 Å². The third-order valence-corrected chi connectivity index (χ3v) is 2.88. The summed E-state index contributed by atoms with van der Waals surface area (Å²) in [6, 6.07) is 6.41. The van der Waals surface area contributed by atoms with Crippen LogP contribution in [0.1, 0.15) is 28.3 Å². The Morgan fingerprint density at radius 1 is 1.17 bits per heavy atom. The normalized spacial score (nSPS) is 10.7. The molecule has 0 atom stereocenters. The van der Waals surface area contributed by atoms with Crippen molar-refractivity contribution in [3.8, 4) is 0 Å². The van der Waals surface area contributed by atoms with Crippen LogP contribution in [0.2, 0.25) is 0 Å². The number of aryl methyl sites for hydroxylation is 2. The molecule has 0 saturated heterocycles. The SMILES string of the molecule is Cc1nc(Cc2cccc(F)c2)nc(C)c1CO. The number of aliphatic hydroxyl groups excluding tert-OH is 1. The van der Waals surface area contributed by atoms with Gasteiger partial charge in [-0.2, -0.15) is 0 Å². The zero-order chi connectivity index (χ0) is 13.1. The van der Waals surface area contributed by atoms with E-state index in [0.29, 0.717) is 12.2 Å². The second-order valence-electron chi connectivity index (χ2n) is 4.25. The van der Waals surface area contributed by atoms with Crippen molar-refractivity contribution >= 4 is 0 Å². The minimum Gasteiger partial charge on any atom is -0.392 e. The molecular formula is C14H15FN2O. The van der Waals surface area contributed by atoms with Gasteiger partial charge in [0.25, 0.3) is 0 Å². The summed E-state index contributed by atoms with van der Waals surface area (Å²) >= 11 is 0. The van der Waals surface area contributed by atoms with E-state index in [-0.39, 0.29) is 12.4 Å². The van der Waals surface area contributed by atoms with Crippen molar-refractivity contribution in [1.29, 1.82) is 0 Å². The first-order chi connectivity index (χ1) is 8.60. The van der Waals surface area contributed by atoms with Gasteiger partial charge in [0, 0.05) is 23.4 Å². The van der Waals surface area contributed by atoms with Crippen molar-refractivity contribution in [2.75, 3.05) is 0 Å². The second kappa shape index (κ2) is 5.23. The van der Waals surface area contributed by atoms with Gasteiger partial charge < -0.3 is 5.11 Å². The first-order valence-corrected chi connectivity index (χ1v) is 5.78. The van der Waals surface area contributed by atoms with Crippen LogP contribution in [0, 0.1) is 19.7 Å². The molecule has 4 heteroatoms. The molecule has 1 aromatic heterocycles. The lowest BCUT2D eigenvalue weighted by Crippen LogP contribution is -2.06. The molecule has 0 aliphatic heterocycles. The zero-order valence-electron chi connectivity index (χ0n) is 10.4. The molecule has 1 aromatic carbocycles. The summed E-state index contributed by atoms with van der Waals surface area (Å²) in [6.07, 6.45) is 0.491. The smallest absolute Gasteiger partial charge is 0.133 e. The Hall–Kier alpha value is -1.81. The minimum atomic E-state index is -0.257. The van der Waals surface area contributed by atoms with E-state index in [1.165, 1.54) is 12.1 Å². The molecule has 0 fully saturated rings. The van der Waals surface area contributed by atoms with E-state index in [1.807, 2.05) is 19.9 Å². The summed E-state index contributed by atoms with van der Waals surface area (Å²) in [5.41, 5.74) is 3.15. The van der Waals surface area contributed by atoms with Crippen molar-refractivity contribution in [2.24, 2.45) is 0 Å². The van der Waals surface area contributed by atoms with E-state index >= 15 is 0 Å². The molecule has 1 heterocycles. The van der Waals surface area contributed by atoms with Crippen LogP contribution < -0.4 is 0 Å². The average Bonchev–Trinajstić information content (AvgIpc) is 2.28. The predicted molar refractivity (Wildman–Crippen MR) is 66.6 cm³/mol. The second-order valence-corrected chi connectivity index (χ2v) is 4.25. The quantitative estimate of drug-likeness (QED) is 0.904. The van der Waals surface area contributed by atoms with Crippen molar-refractivity contribution in [3.05, 3.63) is 58.4 Å². The Labute approximate surface area is 105 Å². The Morgan fingerprint density at radius 3 is 2.39 bits per heavy atom. The monoisotopic (exact) mass is 246 g/mol. The number of halogens is 1. The van der Waals surface area contributed by atoms with Crippen LogP contribution in [0.4, 0.5) is 4.39 Å². The molecule has 18 heavy (non-hydrogen) atoms. The van der Waals surface area contributed by atoms with Crippen LogP contribution >= 0.6 is 0 Å². The van der Waals surface area contributed by atoms with Gasteiger partial charge in [-0.05, 0) is 31.5 Å². The maximum atomic E-state index is 13.1. The van der Waals surface area contributed by atoms with Crippen molar-refractivity contribution < 1.29 is 9.50 Å². The fraction of sp³-hybridized carbons (Fsp3) is 0.286. The van der Waals surface area contributed by atoms with Gasteiger partial charge >= 0.3 is 0 Å². The van der Waals surface area contributed by atoms with Gasteiger partial charge in [0.15, 0.2) is 0 Å². The van der Waals surface area contributed by atoms with Crippen molar-refractivity contribution in [3.63, 3.8) is 0 Å². The molecule has 0 radical (unpaired) electrons. The lowest BCUT2D eigenvalue weighted by molar-refractivity contribution is 0.279. The molecule has 0 spiro atoms. The molecule has 1 N–H and O–H groups in total. The molecular weight excluding hydrogens is 231 g/mol. The highest BCUT2D eigenvalue weighted by Gasteiger charge is 2.08. The summed E-state index contributed by atoms with van der Waals surface area (Å²) < 4.78 is 13.1. The number of aliphatic hydroxyl groups is 1. The lowest BCUT2D eigenvalue weighted by atomic mass is 10.1. The molecule has 0 aliphatic rings. The number of rotatable bonds is 3. The van der Waals surface area contributed by atoms with Gasteiger partial charge in [-0.15, -0.1) is 0 Å². The fourth-order valence-corrected chi connectivity index (χ4v) is 1.95. The highest BCUT2D eigenvalue weighted by molar-refractivity contribution is 5.26. The van der Waals surface area contributed by atoms with Crippen LogP contribution in [0.5, 0.6) is 0 Å². The number of benzene rings is 1. The largest absolute Gasteiger partial charge is 0.392 e. The highest BCUT2D eigenvalue weighted by Crippen LogP contribution is 2.13. The third kappa shape index (κ3) is 2.71. The number of hydrogen-bond acceptors (Lipinski definition) is 3. The van der Waals surface area contributed by atoms with Gasteiger partial charge in [-0.3, -0.25) is 0 Å². The van der Waals surface area contributed by atoms with Gasteiger partial charge in [-0.1, -0.05) is 12.1 Å². The van der Waals surface area contributed by atoms with E-state index in [0.717, 1.165) is 22.5 Å². The minimum absolute atomic E-state index is 0.0576. The zero-order valence-corrected chi connectivity index (χ0v) is 10.4. The molecule has 94 valence electrons. The third-order valence-electron chi connectivity index (χ3n) is 2.88. The molecule has 0 amide bonds. The number of aromatic nitrogens is 2. The standard InChI is InChI=1S/C14H15FN2O/c1-9-13(8-18)10(2)17-14(16-9)7-11-4-3-5-12(15)6-11/h3-6,18H,7-8H2,1-2H3. The van der Waals surface area contributed by atoms with E-state index < -0.39 is 0 Å². The molecule has 2 rings (SSSR count). The molecule has 0 unspecified atom stereocenters. The molecule has 3 nitrogen and oxygen atoms in total. The predicted octanol–water partition coefficient (Wildman–Crippen LogP) is 2.32. The summed E-state index contributed by atoms with van der Waals surface area (Å²) in [6.45, 7) is 3.63. The van der Waals surface area contributed by atoms with Gasteiger partial charge in [0.2, 0.25) is 0 Å². The maximum absolute atomic E-state index is 13.1. The highest BCUT2D eigenvalue weighted by atomic mass is 19.1. The summed E-state index contributed by atoms with van der Waals surface area (Å²) in [7, 11) is 0. The van der Waals surface area contributed by atoms with Crippen LogP contribution in [0.3, 0.4) is 0 Å². The number of hydrogen-bond donors (Lipinski definition) is 1.